The van der Waals surface area contributed by atoms with E-state index in [2.05, 4.69) is 4.72 Å². The zero-order chi connectivity index (χ0) is 15.3. The molecule has 6 heteroatoms. The Morgan fingerprint density at radius 3 is 2.90 bits per heavy atom. The van der Waals surface area contributed by atoms with Crippen molar-refractivity contribution >= 4 is 10.0 Å². The molecule has 0 aliphatic carbocycles. The highest BCUT2D eigenvalue weighted by Gasteiger charge is 2.20. The largest absolute Gasteiger partial charge is 0.377 e. The van der Waals surface area contributed by atoms with Crippen molar-refractivity contribution in [1.82, 2.24) is 4.72 Å². The second-order valence-corrected chi connectivity index (χ2v) is 7.26. The molecule has 1 saturated heterocycles. The molecule has 1 unspecified atom stereocenters. The summed E-state index contributed by atoms with van der Waals surface area (Å²) in [5, 5.41) is 0. The lowest BCUT2D eigenvalue weighted by atomic mass is 10.2. The van der Waals surface area contributed by atoms with Crippen molar-refractivity contribution in [2.24, 2.45) is 0 Å². The highest BCUT2D eigenvalue weighted by atomic mass is 32.2. The molecule has 1 fully saturated rings. The summed E-state index contributed by atoms with van der Waals surface area (Å²) < 4.78 is 38.1. The van der Waals surface area contributed by atoms with Crippen LogP contribution in [0, 0.1) is 0 Å². The van der Waals surface area contributed by atoms with Gasteiger partial charge in [-0.2, -0.15) is 0 Å². The minimum Gasteiger partial charge on any atom is -0.377 e. The lowest BCUT2D eigenvalue weighted by molar-refractivity contribution is 0.0656. The fourth-order valence-corrected chi connectivity index (χ4v) is 3.29. The Morgan fingerprint density at radius 2 is 2.24 bits per heavy atom. The number of hydrogen-bond donors (Lipinski definition) is 1. The van der Waals surface area contributed by atoms with Gasteiger partial charge in [-0.25, -0.2) is 13.1 Å². The van der Waals surface area contributed by atoms with Gasteiger partial charge in [0.2, 0.25) is 10.0 Å². The van der Waals surface area contributed by atoms with E-state index in [0.29, 0.717) is 19.8 Å². The van der Waals surface area contributed by atoms with Gasteiger partial charge in [-0.1, -0.05) is 12.1 Å². The third-order valence-corrected chi connectivity index (χ3v) is 4.74. The maximum absolute atomic E-state index is 12.3. The third kappa shape index (κ3) is 5.07. The molecule has 21 heavy (non-hydrogen) atoms. The molecule has 0 amide bonds. The first-order chi connectivity index (χ1) is 9.97. The van der Waals surface area contributed by atoms with E-state index in [-0.39, 0.29) is 17.1 Å². The van der Waals surface area contributed by atoms with E-state index in [9.17, 15) is 8.42 Å². The summed E-state index contributed by atoms with van der Waals surface area (Å²) in [7, 11) is -3.49. The van der Waals surface area contributed by atoms with Crippen LogP contribution in [0.15, 0.2) is 29.2 Å². The first kappa shape index (κ1) is 16.4. The molecular weight excluding hydrogens is 290 g/mol. The van der Waals surface area contributed by atoms with Gasteiger partial charge in [0.1, 0.15) is 0 Å². The number of ether oxygens (including phenoxy) is 2. The minimum absolute atomic E-state index is 0.00719. The molecule has 1 heterocycles. The van der Waals surface area contributed by atoms with E-state index in [0.717, 1.165) is 18.4 Å². The highest BCUT2D eigenvalue weighted by Crippen LogP contribution is 2.15. The fraction of sp³-hybridized carbons (Fsp3) is 0.600. The molecule has 5 nitrogen and oxygen atoms in total. The third-order valence-electron chi connectivity index (χ3n) is 3.32. The van der Waals surface area contributed by atoms with Crippen molar-refractivity contribution < 1.29 is 17.9 Å². The van der Waals surface area contributed by atoms with E-state index in [1.807, 2.05) is 19.9 Å². The average Bonchev–Trinajstić information content (AvgIpc) is 2.97. The summed E-state index contributed by atoms with van der Waals surface area (Å²) in [5.41, 5.74) is 0.851. The van der Waals surface area contributed by atoms with Crippen molar-refractivity contribution in [2.45, 2.75) is 50.4 Å². The summed E-state index contributed by atoms with van der Waals surface area (Å²) in [4.78, 5) is 0.269. The van der Waals surface area contributed by atoms with Crippen molar-refractivity contribution in [2.75, 3.05) is 13.2 Å². The molecule has 1 aliphatic rings. The van der Waals surface area contributed by atoms with Crippen LogP contribution in [0.1, 0.15) is 32.3 Å². The maximum atomic E-state index is 12.3. The van der Waals surface area contributed by atoms with Crippen molar-refractivity contribution in [3.63, 3.8) is 0 Å². The summed E-state index contributed by atoms with van der Waals surface area (Å²) in [6.45, 7) is 5.35. The highest BCUT2D eigenvalue weighted by molar-refractivity contribution is 7.89. The van der Waals surface area contributed by atoms with Crippen LogP contribution < -0.4 is 4.72 Å². The fourth-order valence-electron chi connectivity index (χ4n) is 2.16. The molecule has 0 aromatic heterocycles. The molecule has 118 valence electrons. The monoisotopic (exact) mass is 313 g/mol. The van der Waals surface area contributed by atoms with Crippen LogP contribution in [-0.4, -0.2) is 33.8 Å². The Labute approximate surface area is 126 Å². The Bertz CT molecular complexity index is 551. The molecule has 1 aromatic carbocycles. The van der Waals surface area contributed by atoms with Crippen molar-refractivity contribution in [1.29, 1.82) is 0 Å². The number of hydrogen-bond acceptors (Lipinski definition) is 4. The van der Waals surface area contributed by atoms with Gasteiger partial charge in [0.25, 0.3) is 0 Å². The zero-order valence-corrected chi connectivity index (χ0v) is 13.4. The van der Waals surface area contributed by atoms with Crippen LogP contribution in [-0.2, 0) is 26.1 Å². The molecule has 2 rings (SSSR count). The second kappa shape index (κ2) is 7.35. The number of benzene rings is 1. The number of nitrogens with one attached hydrogen (secondary N) is 1. The molecule has 1 atom stereocenters. The van der Waals surface area contributed by atoms with Gasteiger partial charge >= 0.3 is 0 Å². The van der Waals surface area contributed by atoms with E-state index in [1.54, 1.807) is 18.2 Å². The molecule has 1 aromatic rings. The maximum Gasteiger partial charge on any atom is 0.240 e. The molecule has 0 radical (unpaired) electrons. The van der Waals surface area contributed by atoms with Crippen LogP contribution in [0.4, 0.5) is 0 Å². The number of sulfonamides is 1. The summed E-state index contributed by atoms with van der Waals surface area (Å²) >= 11 is 0. The van der Waals surface area contributed by atoms with E-state index in [4.69, 9.17) is 9.47 Å². The molecular formula is C15H23NO4S. The summed E-state index contributed by atoms with van der Waals surface area (Å²) in [5.74, 6) is 0. The van der Waals surface area contributed by atoms with Crippen molar-refractivity contribution in [3.8, 4) is 0 Å². The van der Waals surface area contributed by atoms with Gasteiger partial charge in [-0.3, -0.25) is 0 Å². The van der Waals surface area contributed by atoms with Crippen LogP contribution in [0.5, 0.6) is 0 Å². The topological polar surface area (TPSA) is 64.6 Å². The molecule has 0 spiro atoms. The molecule has 0 bridgehead atoms. The van der Waals surface area contributed by atoms with Crippen LogP contribution in [0.25, 0.3) is 0 Å². The van der Waals surface area contributed by atoms with Gasteiger partial charge in [-0.05, 0) is 44.4 Å². The second-order valence-electron chi connectivity index (χ2n) is 5.49. The zero-order valence-electron chi connectivity index (χ0n) is 12.5. The smallest absolute Gasteiger partial charge is 0.240 e. The van der Waals surface area contributed by atoms with Crippen LogP contribution in [0.3, 0.4) is 0 Å². The lowest BCUT2D eigenvalue weighted by Gasteiger charge is -2.12. The van der Waals surface area contributed by atoms with Crippen LogP contribution >= 0.6 is 0 Å². The lowest BCUT2D eigenvalue weighted by Crippen LogP contribution is -2.31. The SMILES string of the molecule is CC(C)OCc1cccc(S(=O)(=O)NCC2CCCO2)c1. The standard InChI is InChI=1S/C15H23NO4S/c1-12(2)20-11-13-5-3-7-15(9-13)21(17,18)16-10-14-6-4-8-19-14/h3,5,7,9,12,14,16H,4,6,8,10-11H2,1-2H3. The molecule has 1 aliphatic heterocycles. The predicted octanol–water partition coefficient (Wildman–Crippen LogP) is 2.07. The predicted molar refractivity (Wildman–Crippen MR) is 80.5 cm³/mol. The minimum atomic E-state index is -3.49. The van der Waals surface area contributed by atoms with Crippen molar-refractivity contribution in [3.05, 3.63) is 29.8 Å². The molecule has 0 saturated carbocycles. The normalized spacial score (nSPS) is 19.3. The Hall–Kier alpha value is -0.950. The number of rotatable bonds is 7. The van der Waals surface area contributed by atoms with Crippen LogP contribution in [0.2, 0.25) is 0 Å². The van der Waals surface area contributed by atoms with Gasteiger partial charge < -0.3 is 9.47 Å². The first-order valence-electron chi connectivity index (χ1n) is 7.29. The van der Waals surface area contributed by atoms with Gasteiger partial charge in [0.05, 0.1) is 23.7 Å². The quantitative estimate of drug-likeness (QED) is 0.837. The van der Waals surface area contributed by atoms with E-state index in [1.165, 1.54) is 0 Å². The summed E-state index contributed by atoms with van der Waals surface area (Å²) in [6, 6.07) is 6.85. The van der Waals surface area contributed by atoms with Gasteiger partial charge in [-0.15, -0.1) is 0 Å². The molecule has 1 N–H and O–H groups in total. The Balaban J connectivity index is 1.99. The van der Waals surface area contributed by atoms with E-state index < -0.39 is 10.0 Å². The van der Waals surface area contributed by atoms with Gasteiger partial charge in [0.15, 0.2) is 0 Å². The Morgan fingerprint density at radius 1 is 1.43 bits per heavy atom. The Kier molecular flexibility index (Phi) is 5.75. The summed E-state index contributed by atoms with van der Waals surface area (Å²) in [6.07, 6.45) is 2.01. The average molecular weight is 313 g/mol. The van der Waals surface area contributed by atoms with Gasteiger partial charge in [0, 0.05) is 13.2 Å². The van der Waals surface area contributed by atoms with E-state index >= 15 is 0 Å². The first-order valence-corrected chi connectivity index (χ1v) is 8.77.